The van der Waals surface area contributed by atoms with E-state index in [2.05, 4.69) is 33.8 Å². The topological polar surface area (TPSA) is 49.7 Å². The van der Waals surface area contributed by atoms with Crippen LogP contribution in [0.3, 0.4) is 0 Å². The minimum Gasteiger partial charge on any atom is -0.504 e. The van der Waals surface area contributed by atoms with Crippen molar-refractivity contribution >= 4 is 17.7 Å². The van der Waals surface area contributed by atoms with Crippen molar-refractivity contribution in [2.75, 3.05) is 0 Å². The van der Waals surface area contributed by atoms with Crippen LogP contribution in [-0.4, -0.2) is 15.8 Å². The summed E-state index contributed by atoms with van der Waals surface area (Å²) in [6, 6.07) is 1.48. The first-order valence-corrected chi connectivity index (χ1v) is 9.62. The Hall–Kier alpha value is -1.35. The summed E-state index contributed by atoms with van der Waals surface area (Å²) in [6.07, 6.45) is 7.88. The Morgan fingerprint density at radius 1 is 1.12 bits per heavy atom. The lowest BCUT2D eigenvalue weighted by molar-refractivity contribution is -0.0516. The zero-order chi connectivity index (χ0) is 18.2. The minimum absolute atomic E-state index is 0.0727. The van der Waals surface area contributed by atoms with Crippen LogP contribution in [0.2, 0.25) is 5.02 Å². The molecule has 1 aromatic carbocycles. The molecule has 0 radical (unpaired) electrons. The van der Waals surface area contributed by atoms with E-state index in [4.69, 9.17) is 16.3 Å². The number of rotatable bonds is 0. The predicted octanol–water partition coefficient (Wildman–Crippen LogP) is 5.91. The molecular weight excluding hydrogens is 336 g/mol. The minimum atomic E-state index is -0.377. The molecule has 2 fully saturated rings. The Kier molecular flexibility index (Phi) is 3.48. The van der Waals surface area contributed by atoms with E-state index in [-0.39, 0.29) is 27.5 Å². The number of fused-ring (bicyclic) bond motifs is 4. The molecule has 3 nitrogen and oxygen atoms in total. The van der Waals surface area contributed by atoms with Gasteiger partial charge in [0.1, 0.15) is 11.4 Å². The normalized spacial score (nSPS) is 35.7. The number of phenolic OH excluding ortho intramolecular Hbond substituents is 2. The Morgan fingerprint density at radius 2 is 1.84 bits per heavy atom. The molecule has 1 heterocycles. The van der Waals surface area contributed by atoms with Gasteiger partial charge in [-0.25, -0.2) is 0 Å². The van der Waals surface area contributed by atoms with Crippen molar-refractivity contribution in [1.29, 1.82) is 0 Å². The van der Waals surface area contributed by atoms with Crippen LogP contribution in [0.15, 0.2) is 11.6 Å². The van der Waals surface area contributed by atoms with Crippen molar-refractivity contribution in [2.45, 2.75) is 65.4 Å². The Morgan fingerprint density at radius 3 is 2.56 bits per heavy atom. The van der Waals surface area contributed by atoms with E-state index < -0.39 is 0 Å². The molecule has 1 aromatic rings. The van der Waals surface area contributed by atoms with Crippen molar-refractivity contribution in [3.8, 4) is 17.2 Å². The molecule has 3 aliphatic rings. The van der Waals surface area contributed by atoms with Crippen molar-refractivity contribution in [1.82, 2.24) is 0 Å². The van der Waals surface area contributed by atoms with Crippen molar-refractivity contribution in [3.05, 3.63) is 22.2 Å². The second-order valence-corrected chi connectivity index (χ2v) is 9.59. The second kappa shape index (κ2) is 5.09. The number of hydrogen-bond donors (Lipinski definition) is 2. The third-order valence-corrected chi connectivity index (χ3v) is 7.55. The van der Waals surface area contributed by atoms with E-state index >= 15 is 0 Å². The molecule has 136 valence electrons. The van der Waals surface area contributed by atoms with Gasteiger partial charge in [0.05, 0.1) is 5.02 Å². The van der Waals surface area contributed by atoms with Gasteiger partial charge in [-0.1, -0.05) is 38.8 Å². The summed E-state index contributed by atoms with van der Waals surface area (Å²) in [5.41, 5.74) is 2.00. The van der Waals surface area contributed by atoms with Crippen LogP contribution in [0, 0.1) is 16.7 Å². The summed E-state index contributed by atoms with van der Waals surface area (Å²) in [5.74, 6) is 0.667. The van der Waals surface area contributed by atoms with Crippen LogP contribution < -0.4 is 4.74 Å². The maximum atomic E-state index is 10.0. The zero-order valence-electron chi connectivity index (χ0n) is 15.4. The Balaban J connectivity index is 1.92. The number of halogens is 1. The van der Waals surface area contributed by atoms with Gasteiger partial charge in [0.25, 0.3) is 0 Å². The first-order chi connectivity index (χ1) is 11.6. The average Bonchev–Trinajstić information content (AvgIpc) is 2.50. The van der Waals surface area contributed by atoms with Gasteiger partial charge in [-0.05, 0) is 61.0 Å². The summed E-state index contributed by atoms with van der Waals surface area (Å²) >= 11 is 6.34. The van der Waals surface area contributed by atoms with E-state index in [0.29, 0.717) is 22.6 Å². The quantitative estimate of drug-likeness (QED) is 0.564. The molecule has 2 saturated carbocycles. The molecule has 0 saturated heterocycles. The maximum absolute atomic E-state index is 10.0. The third kappa shape index (κ3) is 2.24. The standard InChI is InChI=1S/C21H27ClO3/c1-19(2)7-5-8-20(3)15(19)6-9-21(4)16(20)10-12-14(25-21)11-13(23)18(24)17(12)22/h10-11,15,23-24H,5-9H2,1-4H3. The molecule has 1 aliphatic heterocycles. The van der Waals surface area contributed by atoms with E-state index in [1.54, 1.807) is 0 Å². The molecule has 3 atom stereocenters. The lowest BCUT2D eigenvalue weighted by Gasteiger charge is -2.60. The van der Waals surface area contributed by atoms with Gasteiger partial charge in [0, 0.05) is 11.6 Å². The highest BCUT2D eigenvalue weighted by Gasteiger charge is 2.57. The smallest absolute Gasteiger partial charge is 0.177 e. The SMILES string of the molecule is CC12CCC3C(C)(C)CCCC3(C)C1=Cc1c(cc(O)c(O)c1Cl)O2. The predicted molar refractivity (Wildman–Crippen MR) is 100 cm³/mol. The zero-order valence-corrected chi connectivity index (χ0v) is 16.2. The first kappa shape index (κ1) is 17.1. The molecular formula is C21H27ClO3. The van der Waals surface area contributed by atoms with E-state index in [0.717, 1.165) is 19.3 Å². The van der Waals surface area contributed by atoms with Gasteiger partial charge in [0.2, 0.25) is 0 Å². The fourth-order valence-corrected chi connectivity index (χ4v) is 6.20. The van der Waals surface area contributed by atoms with Crippen molar-refractivity contribution in [2.24, 2.45) is 16.7 Å². The number of ether oxygens (including phenoxy) is 1. The van der Waals surface area contributed by atoms with E-state index in [1.165, 1.54) is 24.5 Å². The van der Waals surface area contributed by atoms with Crippen molar-refractivity contribution < 1.29 is 14.9 Å². The number of benzene rings is 1. The monoisotopic (exact) mass is 362 g/mol. The highest BCUT2D eigenvalue weighted by Crippen LogP contribution is 2.64. The summed E-state index contributed by atoms with van der Waals surface area (Å²) in [5, 5.41) is 20.1. The van der Waals surface area contributed by atoms with Crippen LogP contribution >= 0.6 is 11.6 Å². The van der Waals surface area contributed by atoms with Crippen LogP contribution in [0.5, 0.6) is 17.2 Å². The molecule has 0 bridgehead atoms. The molecule has 25 heavy (non-hydrogen) atoms. The first-order valence-electron chi connectivity index (χ1n) is 9.25. The number of aromatic hydroxyl groups is 2. The molecule has 2 aliphatic carbocycles. The molecule has 0 aromatic heterocycles. The van der Waals surface area contributed by atoms with Gasteiger partial charge in [-0.2, -0.15) is 0 Å². The van der Waals surface area contributed by atoms with E-state index in [9.17, 15) is 10.2 Å². The molecule has 4 rings (SSSR count). The fraction of sp³-hybridized carbons (Fsp3) is 0.619. The van der Waals surface area contributed by atoms with Crippen LogP contribution in [0.4, 0.5) is 0 Å². The van der Waals surface area contributed by atoms with Crippen molar-refractivity contribution in [3.63, 3.8) is 0 Å². The second-order valence-electron chi connectivity index (χ2n) is 9.21. The summed E-state index contributed by atoms with van der Waals surface area (Å²) < 4.78 is 6.40. The van der Waals surface area contributed by atoms with Crippen LogP contribution in [-0.2, 0) is 0 Å². The van der Waals surface area contributed by atoms with Gasteiger partial charge < -0.3 is 14.9 Å². The lowest BCUT2D eigenvalue weighted by atomic mass is 9.47. The van der Waals surface area contributed by atoms with Gasteiger partial charge in [-0.3, -0.25) is 0 Å². The summed E-state index contributed by atoms with van der Waals surface area (Å²) in [7, 11) is 0. The van der Waals surface area contributed by atoms with Crippen LogP contribution in [0.25, 0.3) is 6.08 Å². The molecule has 4 heteroatoms. The summed E-state index contributed by atoms with van der Waals surface area (Å²) in [4.78, 5) is 0. The van der Waals surface area contributed by atoms with Gasteiger partial charge in [-0.15, -0.1) is 0 Å². The third-order valence-electron chi connectivity index (χ3n) is 7.17. The largest absolute Gasteiger partial charge is 0.504 e. The molecule has 2 N–H and O–H groups in total. The van der Waals surface area contributed by atoms with Crippen LogP contribution in [0.1, 0.15) is 65.4 Å². The van der Waals surface area contributed by atoms with Gasteiger partial charge in [0.15, 0.2) is 11.5 Å². The Bertz CT molecular complexity index is 782. The lowest BCUT2D eigenvalue weighted by Crippen LogP contribution is -2.55. The molecule has 3 unspecified atom stereocenters. The number of phenols is 2. The molecule has 0 amide bonds. The average molecular weight is 363 g/mol. The van der Waals surface area contributed by atoms with Gasteiger partial charge >= 0.3 is 0 Å². The Labute approximate surface area is 154 Å². The highest BCUT2D eigenvalue weighted by molar-refractivity contribution is 6.34. The summed E-state index contributed by atoms with van der Waals surface area (Å²) in [6.45, 7) is 9.33. The highest BCUT2D eigenvalue weighted by atomic mass is 35.5. The fourth-order valence-electron chi connectivity index (χ4n) is 5.96. The van der Waals surface area contributed by atoms with E-state index in [1.807, 2.05) is 0 Å². The number of hydrogen-bond acceptors (Lipinski definition) is 3. The maximum Gasteiger partial charge on any atom is 0.177 e. The molecule has 0 spiro atoms.